The van der Waals surface area contributed by atoms with Crippen molar-refractivity contribution in [2.75, 3.05) is 32.2 Å². The lowest BCUT2D eigenvalue weighted by Crippen LogP contribution is -2.29. The standard InChI is InChI=1S/C23H25N3O.C22H22N2O5.C19H14ClF3N2O.C18H14Cl2N2O.C17H14BrN3O/c1-18(20-8-4-2-5-9-20)25-23(27)21(17-24)16-19-10-12-22(13-11-19)26-14-6-3-7-15-26;1-14(17-8-6-5-7-9-17)24-22(26)18(13-23)10-16-11-19(27-3)21(29-15(2)25)20(12-16)28-4;1-12(14-5-3-2-4-6-14)25-18(26)15(11-24)7-13-8-16(19(21,22)23)10-17(20)9-13;1-12(14-5-3-2-4-6-14)22-18(23)15(11-21)9-13-7-8-16(19)17(20)10-13;1-12(13-6-3-2-4-7-13)20-17(22)14(11-19)10-15-8-5-9-16(18)21-15/h2,4-5,8-13,16,18H,3,6-7,14-15H2,1H3,(H,25,27);5-12,14H,1-4H3,(H,24,26);2-10,12H,1H3,(H,25,26);2-10,12H,1H3,(H,22,23);2-10,12H,1H3,(H,20,22). The van der Waals surface area contributed by atoms with Crippen LogP contribution in [-0.2, 0) is 34.9 Å². The summed E-state index contributed by atoms with van der Waals surface area (Å²) in [6.07, 6.45) is 6.29. The summed E-state index contributed by atoms with van der Waals surface area (Å²) < 4.78 is 54.9. The number of nitriles is 5. The molecule has 21 nitrogen and oxygen atoms in total. The predicted octanol–water partition coefficient (Wildman–Crippen LogP) is 21.4. The molecule has 0 aliphatic carbocycles. The van der Waals surface area contributed by atoms with Crippen LogP contribution in [0.15, 0.2) is 275 Å². The number of ether oxygens (including phenoxy) is 3. The van der Waals surface area contributed by atoms with Crippen molar-refractivity contribution in [2.24, 2.45) is 0 Å². The van der Waals surface area contributed by atoms with Crippen molar-refractivity contribution in [1.82, 2.24) is 31.6 Å². The molecule has 1 aromatic heterocycles. The number of hydrogen-bond acceptors (Lipinski definition) is 16. The Bertz CT molecular complexity index is 5820. The van der Waals surface area contributed by atoms with Crippen LogP contribution in [0.25, 0.3) is 30.4 Å². The maximum Gasteiger partial charge on any atom is 0.416 e. The van der Waals surface area contributed by atoms with Gasteiger partial charge in [0.25, 0.3) is 29.5 Å². The fourth-order valence-corrected chi connectivity index (χ4v) is 13.1. The van der Waals surface area contributed by atoms with Gasteiger partial charge in [-0.2, -0.15) is 39.5 Å². The Morgan fingerprint density at radius 2 is 0.756 bits per heavy atom. The molecule has 5 N–H and O–H groups in total. The highest BCUT2D eigenvalue weighted by Crippen LogP contribution is 2.40. The molecule has 2 heterocycles. The van der Waals surface area contributed by atoms with Gasteiger partial charge in [0, 0.05) is 30.7 Å². The second-order valence-corrected chi connectivity index (χ2v) is 30.3. The van der Waals surface area contributed by atoms with Crippen LogP contribution in [0, 0.1) is 56.7 Å². The number of alkyl halides is 3. The first kappa shape index (κ1) is 99.7. The van der Waals surface area contributed by atoms with E-state index >= 15 is 0 Å². The van der Waals surface area contributed by atoms with Gasteiger partial charge in [-0.25, -0.2) is 4.98 Å². The van der Waals surface area contributed by atoms with E-state index < -0.39 is 41.3 Å². The van der Waals surface area contributed by atoms with E-state index in [0.29, 0.717) is 31.5 Å². The summed E-state index contributed by atoms with van der Waals surface area (Å²) in [7, 11) is 2.82. The Labute approximate surface area is 759 Å². The number of carbonyl (C=O) groups excluding carboxylic acids is 6. The number of anilines is 1. The molecule has 11 rings (SSSR count). The van der Waals surface area contributed by atoms with Gasteiger partial charge in [-0.3, -0.25) is 28.8 Å². The molecular formula is C99H89BrCl3F3N12O9. The Morgan fingerprint density at radius 3 is 1.09 bits per heavy atom. The SMILES string of the molecule is CC(NC(=O)C(C#N)=Cc1cc(Cl)cc(C(F)(F)F)c1)c1ccccc1.CC(NC(=O)C(C#N)=Cc1ccc(Cl)c(Cl)c1)c1ccccc1.CC(NC(=O)C(C#N)=Cc1ccc(N2CCCCC2)cc1)c1ccccc1.CC(NC(=O)C(C#N)=Cc1cccc(Br)n1)c1ccccc1.COc1cc(C=C(C#N)C(=O)NC(C)c2ccccc2)cc(OC)c1OC(C)=O. The van der Waals surface area contributed by atoms with Crippen molar-refractivity contribution in [1.29, 1.82) is 26.3 Å². The molecule has 0 spiro atoms. The van der Waals surface area contributed by atoms with Gasteiger partial charge in [-0.1, -0.05) is 211 Å². The van der Waals surface area contributed by atoms with E-state index in [2.05, 4.69) is 64.5 Å². The minimum atomic E-state index is -4.58. The molecule has 1 saturated heterocycles. The zero-order valence-electron chi connectivity index (χ0n) is 70.4. The van der Waals surface area contributed by atoms with Crippen LogP contribution < -0.4 is 45.7 Å². The molecule has 0 bridgehead atoms. The van der Waals surface area contributed by atoms with Gasteiger partial charge in [0.2, 0.25) is 5.75 Å². The Balaban J connectivity index is 0.000000218. The van der Waals surface area contributed by atoms with Crippen LogP contribution in [0.5, 0.6) is 17.2 Å². The van der Waals surface area contributed by atoms with Crippen LogP contribution in [0.3, 0.4) is 0 Å². The average molecular weight is 1830 g/mol. The summed E-state index contributed by atoms with van der Waals surface area (Å²) in [6.45, 7) is 12.7. The summed E-state index contributed by atoms with van der Waals surface area (Å²) in [4.78, 5) is 79.6. The van der Waals surface area contributed by atoms with Crippen molar-refractivity contribution < 1.29 is 56.1 Å². The molecule has 28 heteroatoms. The first-order valence-corrected chi connectivity index (χ1v) is 41.4. The number of benzene rings is 9. The molecule has 9 aromatic carbocycles. The maximum atomic E-state index is 12.9. The maximum absolute atomic E-state index is 12.9. The highest BCUT2D eigenvalue weighted by atomic mass is 79.9. The van der Waals surface area contributed by atoms with Crippen LogP contribution in [0.4, 0.5) is 18.9 Å². The number of halogens is 7. The fraction of sp³-hybridized carbons (Fsp3) is 0.192. The van der Waals surface area contributed by atoms with Gasteiger partial charge in [0.15, 0.2) is 11.5 Å². The smallest absolute Gasteiger partial charge is 0.416 e. The molecule has 5 amide bonds. The topological polar surface area (TPSA) is 325 Å². The van der Waals surface area contributed by atoms with Crippen LogP contribution in [0.1, 0.15) is 152 Å². The van der Waals surface area contributed by atoms with Crippen molar-refractivity contribution in [3.63, 3.8) is 0 Å². The van der Waals surface area contributed by atoms with Crippen molar-refractivity contribution in [3.05, 3.63) is 352 Å². The fourth-order valence-electron chi connectivity index (χ4n) is 12.2. The normalized spacial score (nSPS) is 13.1. The zero-order valence-corrected chi connectivity index (χ0v) is 74.2. The largest absolute Gasteiger partial charge is 0.493 e. The number of amides is 5. The third kappa shape index (κ3) is 32.7. The minimum Gasteiger partial charge on any atom is -0.493 e. The van der Waals surface area contributed by atoms with Gasteiger partial charge in [-0.15, -0.1) is 0 Å². The number of methoxy groups -OCH3 is 2. The quantitative estimate of drug-likeness (QED) is 0.0123. The average Bonchev–Trinajstić information content (AvgIpc) is 0.815. The monoisotopic (exact) mass is 1830 g/mol. The van der Waals surface area contributed by atoms with Crippen molar-refractivity contribution in [2.45, 2.75) is 97.2 Å². The van der Waals surface area contributed by atoms with E-state index in [9.17, 15) is 68.2 Å². The third-order valence-corrected chi connectivity index (χ3v) is 20.3. The number of rotatable bonds is 24. The van der Waals surface area contributed by atoms with Gasteiger partial charge >= 0.3 is 12.1 Å². The number of nitrogens with one attached hydrogen (secondary N) is 5. The van der Waals surface area contributed by atoms with Crippen LogP contribution >= 0.6 is 50.7 Å². The highest BCUT2D eigenvalue weighted by Gasteiger charge is 2.31. The van der Waals surface area contributed by atoms with Gasteiger partial charge in [-0.05, 0) is 217 Å². The van der Waals surface area contributed by atoms with Crippen molar-refractivity contribution in [3.8, 4) is 47.6 Å². The van der Waals surface area contributed by atoms with Crippen LogP contribution in [0.2, 0.25) is 15.1 Å². The molecule has 10 aromatic rings. The molecule has 0 saturated carbocycles. The zero-order chi connectivity index (χ0) is 92.5. The predicted molar refractivity (Wildman–Crippen MR) is 491 cm³/mol. The third-order valence-electron chi connectivity index (χ3n) is 18.9. The van der Waals surface area contributed by atoms with Gasteiger partial charge in [0.05, 0.1) is 65.7 Å². The first-order chi connectivity index (χ1) is 60.9. The number of esters is 1. The Hall–Kier alpha value is -14.4. The number of nitrogens with zero attached hydrogens (tertiary/aromatic N) is 7. The molecule has 5 unspecified atom stereocenters. The second kappa shape index (κ2) is 51.0. The van der Waals surface area contributed by atoms with Gasteiger partial charge < -0.3 is 45.7 Å². The molecule has 5 atom stereocenters. The number of carbonyl (C=O) groups is 6. The Morgan fingerprint density at radius 1 is 0.417 bits per heavy atom. The number of piperidine rings is 1. The summed E-state index contributed by atoms with van der Waals surface area (Å²) >= 11 is 20.8. The minimum absolute atomic E-state index is 0.00571. The highest BCUT2D eigenvalue weighted by molar-refractivity contribution is 9.10. The molecule has 1 aliphatic heterocycles. The lowest BCUT2D eigenvalue weighted by Gasteiger charge is -2.28. The molecule has 648 valence electrons. The Kier molecular flexibility index (Phi) is 40.1. The first-order valence-electron chi connectivity index (χ1n) is 39.5. The van der Waals surface area contributed by atoms with E-state index in [1.165, 1.54) is 70.4 Å². The molecule has 1 aliphatic rings. The number of aromatic nitrogens is 1. The van der Waals surface area contributed by atoms with E-state index in [-0.39, 0.29) is 91.8 Å². The van der Waals surface area contributed by atoms with Gasteiger partial charge in [0.1, 0.15) is 62.8 Å². The molecule has 1 fully saturated rings. The number of hydrogen-bond donors (Lipinski definition) is 5. The molecular weight excluding hydrogens is 1740 g/mol. The lowest BCUT2D eigenvalue weighted by molar-refractivity contribution is -0.137. The van der Waals surface area contributed by atoms with Crippen LogP contribution in [-0.4, -0.2) is 67.8 Å². The lowest BCUT2D eigenvalue weighted by atomic mass is 10.1. The van der Waals surface area contributed by atoms with E-state index in [1.54, 1.807) is 67.6 Å². The number of pyridine rings is 1. The van der Waals surface area contributed by atoms with E-state index in [0.717, 1.165) is 64.7 Å². The molecule has 0 radical (unpaired) electrons. The summed E-state index contributed by atoms with van der Waals surface area (Å²) in [6, 6.07) is 79.9. The summed E-state index contributed by atoms with van der Waals surface area (Å²) in [5.74, 6) is -2.33. The van der Waals surface area contributed by atoms with E-state index in [1.807, 2.05) is 216 Å². The van der Waals surface area contributed by atoms with E-state index in [4.69, 9.17) is 49.0 Å². The summed E-state index contributed by atoms with van der Waals surface area (Å²) in [5.41, 5.74) is 7.24. The second-order valence-electron chi connectivity index (χ2n) is 28.2. The molecule has 127 heavy (non-hydrogen) atoms. The van der Waals surface area contributed by atoms with Crippen molar-refractivity contribution >= 4 is 122 Å². The summed E-state index contributed by atoms with van der Waals surface area (Å²) in [5, 5.41) is 61.1.